The zero-order valence-electron chi connectivity index (χ0n) is 12.2. The molecule has 1 heterocycles. The van der Waals surface area contributed by atoms with Crippen molar-refractivity contribution in [3.8, 4) is 0 Å². The fourth-order valence-corrected chi connectivity index (χ4v) is 2.28. The van der Waals surface area contributed by atoms with Gasteiger partial charge in [-0.3, -0.25) is 0 Å². The van der Waals surface area contributed by atoms with Crippen molar-refractivity contribution < 1.29 is 4.74 Å². The number of hydrogen-bond acceptors (Lipinski definition) is 3. The van der Waals surface area contributed by atoms with Crippen LogP contribution in [0.4, 0.5) is 0 Å². The minimum atomic E-state index is -0.161. The molecule has 1 aromatic heterocycles. The monoisotopic (exact) mass is 291 g/mol. The van der Waals surface area contributed by atoms with E-state index in [0.29, 0.717) is 11.4 Å². The van der Waals surface area contributed by atoms with Crippen LogP contribution < -0.4 is 5.73 Å². The number of para-hydroxylation sites is 2. The van der Waals surface area contributed by atoms with Crippen molar-refractivity contribution in [3.05, 3.63) is 30.1 Å². The Morgan fingerprint density at radius 2 is 2.10 bits per heavy atom. The van der Waals surface area contributed by atoms with Gasteiger partial charge in [0.2, 0.25) is 0 Å². The second kappa shape index (κ2) is 5.89. The van der Waals surface area contributed by atoms with E-state index in [1.807, 2.05) is 18.2 Å². The Bertz CT molecular complexity index is 619. The second-order valence-corrected chi connectivity index (χ2v) is 6.05. The Kier molecular flexibility index (Phi) is 4.40. The molecule has 0 saturated heterocycles. The molecule has 20 heavy (non-hydrogen) atoms. The van der Waals surface area contributed by atoms with E-state index in [1.165, 1.54) is 0 Å². The zero-order chi connectivity index (χ0) is 14.8. The molecule has 0 aliphatic carbocycles. The number of ether oxygens (including phenoxy) is 1. The van der Waals surface area contributed by atoms with Crippen LogP contribution in [0.25, 0.3) is 11.0 Å². The molecule has 4 nitrogen and oxygen atoms in total. The standard InChI is InChI=1S/C15H21N3OS/c1-15(2,19-3)8-9-18-12-7-5-4-6-11(12)17-14(18)10-13(16)20/h4-7H,8-10H2,1-3H3,(H2,16,20). The highest BCUT2D eigenvalue weighted by Crippen LogP contribution is 2.20. The average molecular weight is 291 g/mol. The van der Waals surface area contributed by atoms with Crippen LogP contribution in [0.5, 0.6) is 0 Å². The lowest BCUT2D eigenvalue weighted by Crippen LogP contribution is -2.25. The second-order valence-electron chi connectivity index (χ2n) is 5.53. The normalized spacial score (nSPS) is 11.9. The number of aryl methyl sites for hydroxylation is 1. The Morgan fingerprint density at radius 1 is 1.40 bits per heavy atom. The topological polar surface area (TPSA) is 53.1 Å². The summed E-state index contributed by atoms with van der Waals surface area (Å²) in [4.78, 5) is 5.10. The van der Waals surface area contributed by atoms with Crippen molar-refractivity contribution >= 4 is 28.2 Å². The molecule has 2 rings (SSSR count). The highest BCUT2D eigenvalue weighted by Gasteiger charge is 2.18. The van der Waals surface area contributed by atoms with Gasteiger partial charge in [0.1, 0.15) is 5.82 Å². The van der Waals surface area contributed by atoms with Crippen molar-refractivity contribution in [1.82, 2.24) is 9.55 Å². The molecule has 0 fully saturated rings. The third-order valence-electron chi connectivity index (χ3n) is 3.56. The summed E-state index contributed by atoms with van der Waals surface area (Å²) < 4.78 is 7.67. The first-order valence-electron chi connectivity index (χ1n) is 6.70. The fourth-order valence-electron chi connectivity index (χ4n) is 2.15. The van der Waals surface area contributed by atoms with Gasteiger partial charge in [-0.2, -0.15) is 0 Å². The van der Waals surface area contributed by atoms with Gasteiger partial charge >= 0.3 is 0 Å². The number of benzene rings is 1. The minimum absolute atomic E-state index is 0.161. The summed E-state index contributed by atoms with van der Waals surface area (Å²) in [6.45, 7) is 5.00. The predicted molar refractivity (Wildman–Crippen MR) is 85.9 cm³/mol. The molecule has 0 aliphatic heterocycles. The van der Waals surface area contributed by atoms with E-state index >= 15 is 0 Å². The lowest BCUT2D eigenvalue weighted by atomic mass is 10.1. The molecular formula is C15H21N3OS. The molecule has 0 amide bonds. The van der Waals surface area contributed by atoms with Gasteiger partial charge in [0.25, 0.3) is 0 Å². The van der Waals surface area contributed by atoms with Gasteiger partial charge in [0, 0.05) is 13.7 Å². The Hall–Kier alpha value is -1.46. The summed E-state index contributed by atoms with van der Waals surface area (Å²) in [6.07, 6.45) is 1.42. The van der Waals surface area contributed by atoms with Crippen molar-refractivity contribution in [1.29, 1.82) is 0 Å². The van der Waals surface area contributed by atoms with Gasteiger partial charge < -0.3 is 15.0 Å². The number of methoxy groups -OCH3 is 1. The van der Waals surface area contributed by atoms with E-state index in [-0.39, 0.29) is 5.60 Å². The summed E-state index contributed by atoms with van der Waals surface area (Å²) >= 11 is 5.02. The maximum Gasteiger partial charge on any atom is 0.116 e. The smallest absolute Gasteiger partial charge is 0.116 e. The first kappa shape index (κ1) is 14.9. The third kappa shape index (κ3) is 3.35. The number of rotatable bonds is 6. The summed E-state index contributed by atoms with van der Waals surface area (Å²) in [6, 6.07) is 8.09. The van der Waals surface area contributed by atoms with Gasteiger partial charge in [-0.1, -0.05) is 24.4 Å². The number of thiocarbonyl (C=S) groups is 1. The molecule has 0 atom stereocenters. The lowest BCUT2D eigenvalue weighted by Gasteiger charge is -2.23. The van der Waals surface area contributed by atoms with Crippen molar-refractivity contribution in [2.24, 2.45) is 5.73 Å². The van der Waals surface area contributed by atoms with Crippen LogP contribution in [0.3, 0.4) is 0 Å². The Morgan fingerprint density at radius 3 is 2.75 bits per heavy atom. The van der Waals surface area contributed by atoms with E-state index in [4.69, 9.17) is 22.7 Å². The lowest BCUT2D eigenvalue weighted by molar-refractivity contribution is 0.0121. The highest BCUT2D eigenvalue weighted by molar-refractivity contribution is 7.80. The van der Waals surface area contributed by atoms with Crippen LogP contribution in [0.1, 0.15) is 26.1 Å². The van der Waals surface area contributed by atoms with E-state index < -0.39 is 0 Å². The maximum atomic E-state index is 5.68. The van der Waals surface area contributed by atoms with Crippen LogP contribution in [0, 0.1) is 0 Å². The third-order valence-corrected chi connectivity index (χ3v) is 3.70. The largest absolute Gasteiger partial charge is 0.393 e. The molecule has 0 bridgehead atoms. The molecule has 5 heteroatoms. The number of imidazole rings is 1. The van der Waals surface area contributed by atoms with E-state index in [9.17, 15) is 0 Å². The van der Waals surface area contributed by atoms with Crippen molar-refractivity contribution in [2.75, 3.05) is 7.11 Å². The summed E-state index contributed by atoms with van der Waals surface area (Å²) in [5, 5.41) is 0. The SMILES string of the molecule is COC(C)(C)CCn1c(CC(N)=S)nc2ccccc21. The summed E-state index contributed by atoms with van der Waals surface area (Å²) in [7, 11) is 1.74. The molecule has 0 spiro atoms. The molecule has 0 aliphatic rings. The predicted octanol–water partition coefficient (Wildman–Crippen LogP) is 2.68. The molecule has 0 radical (unpaired) electrons. The zero-order valence-corrected chi connectivity index (χ0v) is 13.0. The quantitative estimate of drug-likeness (QED) is 0.831. The molecule has 2 N–H and O–H groups in total. The van der Waals surface area contributed by atoms with Gasteiger partial charge in [-0.15, -0.1) is 0 Å². The number of aromatic nitrogens is 2. The molecule has 0 saturated carbocycles. The number of fused-ring (bicyclic) bond motifs is 1. The Labute approximate surface area is 124 Å². The van der Waals surface area contributed by atoms with Crippen LogP contribution in [-0.2, 0) is 17.7 Å². The van der Waals surface area contributed by atoms with Crippen molar-refractivity contribution in [3.63, 3.8) is 0 Å². The van der Waals surface area contributed by atoms with Gasteiger partial charge in [-0.05, 0) is 32.4 Å². The highest BCUT2D eigenvalue weighted by atomic mass is 32.1. The molecule has 1 aromatic carbocycles. The number of hydrogen-bond donors (Lipinski definition) is 1. The van der Waals surface area contributed by atoms with Crippen LogP contribution in [0.15, 0.2) is 24.3 Å². The first-order chi connectivity index (χ1) is 9.43. The average Bonchev–Trinajstić information content (AvgIpc) is 2.73. The molecule has 0 unspecified atom stereocenters. The van der Waals surface area contributed by atoms with Gasteiger partial charge in [-0.25, -0.2) is 4.98 Å². The van der Waals surface area contributed by atoms with Gasteiger partial charge in [0.15, 0.2) is 0 Å². The first-order valence-corrected chi connectivity index (χ1v) is 7.11. The van der Waals surface area contributed by atoms with Crippen LogP contribution in [-0.4, -0.2) is 27.3 Å². The molecule has 2 aromatic rings. The number of nitrogens with zero attached hydrogens (tertiary/aromatic N) is 2. The van der Waals surface area contributed by atoms with E-state index in [1.54, 1.807) is 7.11 Å². The van der Waals surface area contributed by atoms with E-state index in [0.717, 1.165) is 29.8 Å². The minimum Gasteiger partial charge on any atom is -0.393 e. The van der Waals surface area contributed by atoms with Crippen LogP contribution in [0.2, 0.25) is 0 Å². The van der Waals surface area contributed by atoms with Gasteiger partial charge in [0.05, 0.1) is 28.0 Å². The Balaban J connectivity index is 2.35. The van der Waals surface area contributed by atoms with Crippen LogP contribution >= 0.6 is 12.2 Å². The summed E-state index contributed by atoms with van der Waals surface area (Å²) in [5.41, 5.74) is 7.61. The maximum absolute atomic E-state index is 5.68. The summed E-state index contributed by atoms with van der Waals surface area (Å²) in [5.74, 6) is 0.922. The molecular weight excluding hydrogens is 270 g/mol. The molecule has 108 valence electrons. The van der Waals surface area contributed by atoms with E-state index in [2.05, 4.69) is 29.5 Å². The fraction of sp³-hybridized carbons (Fsp3) is 0.467. The van der Waals surface area contributed by atoms with Crippen molar-refractivity contribution in [2.45, 2.75) is 38.8 Å². The number of nitrogens with two attached hydrogens (primary N) is 1.